The zero-order chi connectivity index (χ0) is 13.4. The van der Waals surface area contributed by atoms with Crippen LogP contribution in [0.2, 0.25) is 0 Å². The molecule has 17 heavy (non-hydrogen) atoms. The lowest BCUT2D eigenvalue weighted by Crippen LogP contribution is -2.35. The summed E-state index contributed by atoms with van der Waals surface area (Å²) in [4.78, 5) is 33.2. The normalized spacial score (nSPS) is 11.8. The molecule has 0 radical (unpaired) electrons. The van der Waals surface area contributed by atoms with Crippen LogP contribution in [0, 0.1) is 5.92 Å². The molecule has 0 saturated carbocycles. The van der Waals surface area contributed by atoms with Gasteiger partial charge in [0.15, 0.2) is 6.10 Å². The summed E-state index contributed by atoms with van der Waals surface area (Å²) < 4.78 is 9.47. The fraction of sp³-hybridized carbons (Fsp3) is 0.727. The molecule has 1 atom stereocenters. The summed E-state index contributed by atoms with van der Waals surface area (Å²) in [5.74, 6) is -1.39. The SMILES string of the molecule is COC(=O)C(CC(C)C)OC(=O)CNC(C)=O. The minimum atomic E-state index is -0.916. The van der Waals surface area contributed by atoms with Crippen LogP contribution in [0.1, 0.15) is 27.2 Å². The number of nitrogens with one attached hydrogen (secondary N) is 1. The van der Waals surface area contributed by atoms with Gasteiger partial charge in [-0.1, -0.05) is 13.8 Å². The molecule has 0 heterocycles. The molecular weight excluding hydrogens is 226 g/mol. The maximum atomic E-state index is 11.3. The number of hydrogen-bond acceptors (Lipinski definition) is 5. The van der Waals surface area contributed by atoms with Crippen molar-refractivity contribution in [3.05, 3.63) is 0 Å². The molecule has 6 nitrogen and oxygen atoms in total. The molecule has 0 aromatic rings. The van der Waals surface area contributed by atoms with E-state index in [4.69, 9.17) is 4.74 Å². The molecule has 0 rings (SSSR count). The Morgan fingerprint density at radius 2 is 1.82 bits per heavy atom. The van der Waals surface area contributed by atoms with Crippen LogP contribution in [-0.2, 0) is 23.9 Å². The second-order valence-corrected chi connectivity index (χ2v) is 4.04. The van der Waals surface area contributed by atoms with E-state index >= 15 is 0 Å². The molecular formula is C11H19NO5. The number of ether oxygens (including phenoxy) is 2. The molecule has 0 saturated heterocycles. The Labute approximate surface area is 101 Å². The van der Waals surface area contributed by atoms with Gasteiger partial charge in [0.2, 0.25) is 5.91 Å². The van der Waals surface area contributed by atoms with Crippen molar-refractivity contribution < 1.29 is 23.9 Å². The number of methoxy groups -OCH3 is 1. The molecule has 6 heteroatoms. The Balaban J connectivity index is 4.27. The van der Waals surface area contributed by atoms with E-state index in [-0.39, 0.29) is 18.4 Å². The molecule has 0 aromatic carbocycles. The van der Waals surface area contributed by atoms with Crippen LogP contribution in [0.3, 0.4) is 0 Å². The van der Waals surface area contributed by atoms with Gasteiger partial charge in [-0.3, -0.25) is 9.59 Å². The first-order valence-corrected chi connectivity index (χ1v) is 5.38. The lowest BCUT2D eigenvalue weighted by molar-refractivity contribution is -0.166. The number of hydrogen-bond donors (Lipinski definition) is 1. The van der Waals surface area contributed by atoms with Crippen LogP contribution in [-0.4, -0.2) is 37.6 Å². The van der Waals surface area contributed by atoms with Crippen LogP contribution in [0.5, 0.6) is 0 Å². The maximum Gasteiger partial charge on any atom is 0.347 e. The standard InChI is InChI=1S/C11H19NO5/c1-7(2)5-9(11(15)16-4)17-10(14)6-12-8(3)13/h7,9H,5-6H2,1-4H3,(H,12,13). The average Bonchev–Trinajstić information content (AvgIpc) is 2.23. The molecule has 1 amide bonds. The van der Waals surface area contributed by atoms with Crippen molar-refractivity contribution >= 4 is 17.8 Å². The first-order chi connectivity index (χ1) is 7.86. The monoisotopic (exact) mass is 245 g/mol. The minimum Gasteiger partial charge on any atom is -0.466 e. The van der Waals surface area contributed by atoms with E-state index in [9.17, 15) is 14.4 Å². The Bertz CT molecular complexity index is 288. The van der Waals surface area contributed by atoms with Crippen LogP contribution < -0.4 is 5.32 Å². The minimum absolute atomic E-state index is 0.188. The molecule has 1 unspecified atom stereocenters. The van der Waals surface area contributed by atoms with Gasteiger partial charge in [0.05, 0.1) is 7.11 Å². The zero-order valence-electron chi connectivity index (χ0n) is 10.6. The number of esters is 2. The molecule has 98 valence electrons. The average molecular weight is 245 g/mol. The lowest BCUT2D eigenvalue weighted by Gasteiger charge is -2.17. The van der Waals surface area contributed by atoms with Crippen molar-refractivity contribution in [3.8, 4) is 0 Å². The van der Waals surface area contributed by atoms with Gasteiger partial charge in [0, 0.05) is 6.92 Å². The van der Waals surface area contributed by atoms with Gasteiger partial charge in [0.25, 0.3) is 0 Å². The van der Waals surface area contributed by atoms with Gasteiger partial charge >= 0.3 is 11.9 Å². The topological polar surface area (TPSA) is 81.7 Å². The summed E-state index contributed by atoms with van der Waals surface area (Å²) in [6, 6.07) is 0. The van der Waals surface area contributed by atoms with Gasteiger partial charge in [-0.15, -0.1) is 0 Å². The van der Waals surface area contributed by atoms with Gasteiger partial charge in [-0.05, 0) is 12.3 Å². The van der Waals surface area contributed by atoms with E-state index in [1.807, 2.05) is 13.8 Å². The Hall–Kier alpha value is -1.59. The van der Waals surface area contributed by atoms with E-state index in [2.05, 4.69) is 10.1 Å². The Morgan fingerprint density at radius 3 is 2.24 bits per heavy atom. The Morgan fingerprint density at radius 1 is 1.24 bits per heavy atom. The van der Waals surface area contributed by atoms with Crippen LogP contribution in [0.15, 0.2) is 0 Å². The van der Waals surface area contributed by atoms with Crippen LogP contribution in [0.4, 0.5) is 0 Å². The van der Waals surface area contributed by atoms with Crippen molar-refractivity contribution in [1.82, 2.24) is 5.32 Å². The molecule has 0 fully saturated rings. The first kappa shape index (κ1) is 15.4. The van der Waals surface area contributed by atoms with E-state index in [0.29, 0.717) is 6.42 Å². The van der Waals surface area contributed by atoms with Gasteiger partial charge in [-0.25, -0.2) is 4.79 Å². The van der Waals surface area contributed by atoms with Crippen molar-refractivity contribution in [1.29, 1.82) is 0 Å². The van der Waals surface area contributed by atoms with E-state index in [1.165, 1.54) is 14.0 Å². The highest BCUT2D eigenvalue weighted by Crippen LogP contribution is 2.10. The summed E-state index contributed by atoms with van der Waals surface area (Å²) in [6.07, 6.45) is -0.528. The third-order valence-electron chi connectivity index (χ3n) is 1.90. The number of carbonyl (C=O) groups excluding carboxylic acids is 3. The largest absolute Gasteiger partial charge is 0.466 e. The zero-order valence-corrected chi connectivity index (χ0v) is 10.6. The Kier molecular flexibility index (Phi) is 6.93. The third-order valence-corrected chi connectivity index (χ3v) is 1.90. The van der Waals surface area contributed by atoms with E-state index in [1.54, 1.807) is 0 Å². The highest BCUT2D eigenvalue weighted by atomic mass is 16.6. The van der Waals surface area contributed by atoms with E-state index in [0.717, 1.165) is 0 Å². The second kappa shape index (κ2) is 7.65. The second-order valence-electron chi connectivity index (χ2n) is 4.04. The smallest absolute Gasteiger partial charge is 0.347 e. The molecule has 0 aliphatic rings. The fourth-order valence-electron chi connectivity index (χ4n) is 1.15. The first-order valence-electron chi connectivity index (χ1n) is 5.38. The van der Waals surface area contributed by atoms with Gasteiger partial charge in [0.1, 0.15) is 6.54 Å². The molecule has 0 aromatic heterocycles. The summed E-state index contributed by atoms with van der Waals surface area (Å²) in [6.45, 7) is 4.84. The number of rotatable bonds is 6. The third kappa shape index (κ3) is 7.32. The highest BCUT2D eigenvalue weighted by Gasteiger charge is 2.24. The van der Waals surface area contributed by atoms with Gasteiger partial charge < -0.3 is 14.8 Å². The fourth-order valence-corrected chi connectivity index (χ4v) is 1.15. The molecule has 0 bridgehead atoms. The van der Waals surface area contributed by atoms with Crippen molar-refractivity contribution in [2.24, 2.45) is 5.92 Å². The van der Waals surface area contributed by atoms with Crippen molar-refractivity contribution in [2.75, 3.05) is 13.7 Å². The molecule has 0 aliphatic carbocycles. The lowest BCUT2D eigenvalue weighted by atomic mass is 10.1. The van der Waals surface area contributed by atoms with Crippen molar-refractivity contribution in [2.45, 2.75) is 33.3 Å². The quantitative estimate of drug-likeness (QED) is 0.678. The summed E-state index contributed by atoms with van der Waals surface area (Å²) in [5.41, 5.74) is 0. The molecule has 0 spiro atoms. The maximum absolute atomic E-state index is 11.3. The van der Waals surface area contributed by atoms with E-state index < -0.39 is 18.0 Å². The highest BCUT2D eigenvalue weighted by molar-refractivity contribution is 5.83. The predicted molar refractivity (Wildman–Crippen MR) is 60.0 cm³/mol. The number of carbonyl (C=O) groups is 3. The molecule has 1 N–H and O–H groups in total. The summed E-state index contributed by atoms with van der Waals surface area (Å²) in [7, 11) is 1.23. The van der Waals surface area contributed by atoms with Gasteiger partial charge in [-0.2, -0.15) is 0 Å². The number of amides is 1. The van der Waals surface area contributed by atoms with Crippen LogP contribution in [0.25, 0.3) is 0 Å². The van der Waals surface area contributed by atoms with Crippen molar-refractivity contribution in [3.63, 3.8) is 0 Å². The predicted octanol–water partition coefficient (Wildman–Crippen LogP) is 0.253. The summed E-state index contributed by atoms with van der Waals surface area (Å²) in [5, 5.41) is 2.30. The van der Waals surface area contributed by atoms with Crippen LogP contribution >= 0.6 is 0 Å². The summed E-state index contributed by atoms with van der Waals surface area (Å²) >= 11 is 0. The molecule has 0 aliphatic heterocycles.